The van der Waals surface area contributed by atoms with Crippen molar-refractivity contribution in [3.8, 4) is 5.75 Å². The zero-order valence-electron chi connectivity index (χ0n) is 14.9. The Morgan fingerprint density at radius 3 is 2.63 bits per heavy atom. The molecule has 3 aromatic rings. The van der Waals surface area contributed by atoms with E-state index in [0.717, 1.165) is 20.9 Å². The highest BCUT2D eigenvalue weighted by Crippen LogP contribution is 2.29. The van der Waals surface area contributed by atoms with Gasteiger partial charge in [-0.25, -0.2) is 4.98 Å². The fourth-order valence-corrected chi connectivity index (χ4v) is 4.15. The number of hydrogen-bond acceptors (Lipinski definition) is 6. The number of methoxy groups -OCH3 is 1. The number of thioether (sulfide) groups is 1. The number of aromatic nitrogens is 1. The molecule has 1 heterocycles. The van der Waals surface area contributed by atoms with Crippen molar-refractivity contribution < 1.29 is 14.3 Å². The minimum absolute atomic E-state index is 0.0721. The molecule has 2 amide bonds. The van der Waals surface area contributed by atoms with Crippen molar-refractivity contribution in [2.45, 2.75) is 18.2 Å². The predicted octanol–water partition coefficient (Wildman–Crippen LogP) is 4.38. The fraction of sp³-hybridized carbons (Fsp3) is 0.211. The summed E-state index contributed by atoms with van der Waals surface area (Å²) in [7, 11) is 1.63. The average Bonchev–Trinajstić information content (AvgIpc) is 3.03. The highest BCUT2D eigenvalue weighted by Gasteiger charge is 2.09. The number of fused-ring (bicyclic) bond motifs is 1. The van der Waals surface area contributed by atoms with Gasteiger partial charge in [0.25, 0.3) is 0 Å². The molecule has 0 aliphatic rings. The number of nitrogens with zero attached hydrogens (tertiary/aromatic N) is 1. The third-order valence-corrected chi connectivity index (χ3v) is 5.56. The molecule has 0 aliphatic carbocycles. The van der Waals surface area contributed by atoms with Gasteiger partial charge in [-0.3, -0.25) is 9.59 Å². The van der Waals surface area contributed by atoms with Crippen LogP contribution >= 0.6 is 23.1 Å². The molecule has 8 heteroatoms. The van der Waals surface area contributed by atoms with Gasteiger partial charge < -0.3 is 15.4 Å². The second-order valence-electron chi connectivity index (χ2n) is 5.70. The molecule has 0 spiro atoms. The topological polar surface area (TPSA) is 80.3 Å². The molecule has 0 aliphatic heterocycles. The maximum absolute atomic E-state index is 12.2. The normalized spacial score (nSPS) is 10.6. The number of carbonyl (C=O) groups excluding carboxylic acids is 2. The number of benzene rings is 2. The van der Waals surface area contributed by atoms with Crippen LogP contribution in [0.25, 0.3) is 10.2 Å². The van der Waals surface area contributed by atoms with Crippen molar-refractivity contribution in [1.82, 2.24) is 4.98 Å². The van der Waals surface area contributed by atoms with E-state index >= 15 is 0 Å². The Morgan fingerprint density at radius 1 is 1.15 bits per heavy atom. The first-order chi connectivity index (χ1) is 13.0. The van der Waals surface area contributed by atoms with E-state index in [0.29, 0.717) is 23.0 Å². The SMILES string of the molecule is COc1ccc(SCCC(=O)Nc2nc3ccc(NC(C)=O)cc3s2)cc1. The molecule has 1 aromatic heterocycles. The van der Waals surface area contributed by atoms with Gasteiger partial charge in [-0.2, -0.15) is 0 Å². The summed E-state index contributed by atoms with van der Waals surface area (Å²) in [5.41, 5.74) is 1.50. The lowest BCUT2D eigenvalue weighted by Gasteiger charge is -2.03. The smallest absolute Gasteiger partial charge is 0.226 e. The Labute approximate surface area is 165 Å². The number of rotatable bonds is 7. The van der Waals surface area contributed by atoms with Gasteiger partial charge in [-0.1, -0.05) is 11.3 Å². The van der Waals surface area contributed by atoms with Crippen molar-refractivity contribution in [3.63, 3.8) is 0 Å². The molecule has 0 unspecified atom stereocenters. The molecule has 3 rings (SSSR count). The van der Waals surface area contributed by atoms with Crippen LogP contribution in [0.1, 0.15) is 13.3 Å². The lowest BCUT2D eigenvalue weighted by Crippen LogP contribution is -2.11. The van der Waals surface area contributed by atoms with Crippen LogP contribution in [0.4, 0.5) is 10.8 Å². The lowest BCUT2D eigenvalue weighted by atomic mass is 10.3. The van der Waals surface area contributed by atoms with Crippen molar-refractivity contribution in [1.29, 1.82) is 0 Å². The summed E-state index contributed by atoms with van der Waals surface area (Å²) in [4.78, 5) is 28.8. The molecule has 0 saturated carbocycles. The van der Waals surface area contributed by atoms with Gasteiger partial charge in [0.15, 0.2) is 5.13 Å². The average molecular weight is 402 g/mol. The zero-order valence-corrected chi connectivity index (χ0v) is 16.6. The van der Waals surface area contributed by atoms with Crippen LogP contribution in [-0.4, -0.2) is 29.7 Å². The Morgan fingerprint density at radius 2 is 1.93 bits per heavy atom. The summed E-state index contributed by atoms with van der Waals surface area (Å²) < 4.78 is 6.04. The number of nitrogens with one attached hydrogen (secondary N) is 2. The van der Waals surface area contributed by atoms with E-state index in [1.54, 1.807) is 24.9 Å². The van der Waals surface area contributed by atoms with Crippen LogP contribution in [0.3, 0.4) is 0 Å². The molecule has 0 atom stereocenters. The van der Waals surface area contributed by atoms with E-state index in [1.807, 2.05) is 36.4 Å². The third-order valence-electron chi connectivity index (χ3n) is 3.61. The Kier molecular flexibility index (Phi) is 6.31. The van der Waals surface area contributed by atoms with E-state index in [1.165, 1.54) is 18.3 Å². The van der Waals surface area contributed by atoms with Crippen LogP contribution in [-0.2, 0) is 9.59 Å². The molecule has 6 nitrogen and oxygen atoms in total. The summed E-state index contributed by atoms with van der Waals surface area (Å²) in [6.45, 7) is 1.46. The Hall–Kier alpha value is -2.58. The van der Waals surface area contributed by atoms with Crippen molar-refractivity contribution in [2.24, 2.45) is 0 Å². The summed E-state index contributed by atoms with van der Waals surface area (Å²) in [5.74, 6) is 1.30. The standard InChI is InChI=1S/C19H19N3O3S2/c1-12(23)20-13-3-8-16-17(11-13)27-19(21-16)22-18(24)9-10-26-15-6-4-14(25-2)5-7-15/h3-8,11H,9-10H2,1-2H3,(H,20,23)(H,21,22,24). The summed E-state index contributed by atoms with van der Waals surface area (Å²) >= 11 is 3.00. The zero-order chi connectivity index (χ0) is 19.2. The number of ether oxygens (including phenoxy) is 1. The first-order valence-corrected chi connectivity index (χ1v) is 10.1. The van der Waals surface area contributed by atoms with Gasteiger partial charge in [0.05, 0.1) is 17.3 Å². The molecule has 0 fully saturated rings. The lowest BCUT2D eigenvalue weighted by molar-refractivity contribution is -0.116. The minimum Gasteiger partial charge on any atom is -0.497 e. The van der Waals surface area contributed by atoms with Crippen molar-refractivity contribution in [3.05, 3.63) is 42.5 Å². The molecule has 0 saturated heterocycles. The maximum atomic E-state index is 12.2. The summed E-state index contributed by atoms with van der Waals surface area (Å²) in [6, 6.07) is 13.2. The molecule has 0 radical (unpaired) electrons. The fourth-order valence-electron chi connectivity index (χ4n) is 2.37. The van der Waals surface area contributed by atoms with Crippen LogP contribution in [0.5, 0.6) is 5.75 Å². The number of carbonyl (C=O) groups is 2. The van der Waals surface area contributed by atoms with E-state index in [4.69, 9.17) is 4.74 Å². The van der Waals surface area contributed by atoms with Crippen molar-refractivity contribution >= 4 is 55.9 Å². The predicted molar refractivity (Wildman–Crippen MR) is 111 cm³/mol. The van der Waals surface area contributed by atoms with E-state index in [2.05, 4.69) is 15.6 Å². The number of anilines is 2. The van der Waals surface area contributed by atoms with Gasteiger partial charge in [0.1, 0.15) is 5.75 Å². The Balaban J connectivity index is 1.53. The first-order valence-electron chi connectivity index (χ1n) is 8.28. The molecule has 140 valence electrons. The largest absolute Gasteiger partial charge is 0.497 e. The van der Waals surface area contributed by atoms with Gasteiger partial charge in [0, 0.05) is 29.7 Å². The van der Waals surface area contributed by atoms with Gasteiger partial charge in [-0.15, -0.1) is 11.8 Å². The van der Waals surface area contributed by atoms with Gasteiger partial charge in [0.2, 0.25) is 11.8 Å². The highest BCUT2D eigenvalue weighted by molar-refractivity contribution is 7.99. The monoisotopic (exact) mass is 401 g/mol. The number of amides is 2. The Bertz CT molecular complexity index is 954. The highest BCUT2D eigenvalue weighted by atomic mass is 32.2. The molecule has 2 N–H and O–H groups in total. The van der Waals surface area contributed by atoms with E-state index < -0.39 is 0 Å². The first kappa shape index (κ1) is 19.2. The van der Waals surface area contributed by atoms with Gasteiger partial charge >= 0.3 is 0 Å². The van der Waals surface area contributed by atoms with Crippen molar-refractivity contribution in [2.75, 3.05) is 23.5 Å². The van der Waals surface area contributed by atoms with Crippen LogP contribution < -0.4 is 15.4 Å². The molecule has 2 aromatic carbocycles. The second kappa shape index (κ2) is 8.88. The molecular weight excluding hydrogens is 382 g/mol. The van der Waals surface area contributed by atoms with Gasteiger partial charge in [-0.05, 0) is 42.5 Å². The van der Waals surface area contributed by atoms with E-state index in [9.17, 15) is 9.59 Å². The maximum Gasteiger partial charge on any atom is 0.226 e. The molecule has 0 bridgehead atoms. The van der Waals surface area contributed by atoms with Crippen LogP contribution in [0.15, 0.2) is 47.4 Å². The second-order valence-corrected chi connectivity index (χ2v) is 7.90. The number of hydrogen-bond donors (Lipinski definition) is 2. The summed E-state index contributed by atoms with van der Waals surface area (Å²) in [5, 5.41) is 6.14. The number of thiazole rings is 1. The van der Waals surface area contributed by atoms with E-state index in [-0.39, 0.29) is 11.8 Å². The van der Waals surface area contributed by atoms with Crippen LogP contribution in [0, 0.1) is 0 Å². The quantitative estimate of drug-likeness (QED) is 0.574. The molecule has 27 heavy (non-hydrogen) atoms. The minimum atomic E-state index is -0.123. The van der Waals surface area contributed by atoms with Crippen LogP contribution in [0.2, 0.25) is 0 Å². The third kappa shape index (κ3) is 5.45. The molecular formula is C19H19N3O3S2. The summed E-state index contributed by atoms with van der Waals surface area (Å²) in [6.07, 6.45) is 0.393.